The Bertz CT molecular complexity index is 794. The summed E-state index contributed by atoms with van der Waals surface area (Å²) in [5, 5.41) is 2.73. The molecule has 2 aromatic carbocycles. The second-order valence-electron chi connectivity index (χ2n) is 6.20. The van der Waals surface area contributed by atoms with Crippen LogP contribution in [0.15, 0.2) is 59.5 Å². The normalized spacial score (nSPS) is 12.0. The topological polar surface area (TPSA) is 75.3 Å². The molecule has 122 valence electrons. The molecule has 0 aliphatic heterocycles. The van der Waals surface area contributed by atoms with Crippen LogP contribution in [0.4, 0.5) is 5.69 Å². The number of carbonyl (C=O) groups is 1. The van der Waals surface area contributed by atoms with Gasteiger partial charge < -0.3 is 5.32 Å². The van der Waals surface area contributed by atoms with Gasteiger partial charge in [0, 0.05) is 16.8 Å². The lowest BCUT2D eigenvalue weighted by molar-refractivity contribution is 0.102. The summed E-state index contributed by atoms with van der Waals surface area (Å²) in [6.07, 6.45) is 0. The molecule has 0 bridgehead atoms. The van der Waals surface area contributed by atoms with Gasteiger partial charge in [-0.2, -0.15) is 0 Å². The van der Waals surface area contributed by atoms with E-state index in [9.17, 15) is 13.2 Å². The lowest BCUT2D eigenvalue weighted by Gasteiger charge is -2.20. The van der Waals surface area contributed by atoms with Gasteiger partial charge in [-0.25, -0.2) is 13.1 Å². The molecule has 0 spiro atoms. The van der Waals surface area contributed by atoms with Gasteiger partial charge in [-0.1, -0.05) is 24.3 Å². The van der Waals surface area contributed by atoms with Crippen LogP contribution in [-0.2, 0) is 10.0 Å². The second kappa shape index (κ2) is 6.52. The molecule has 0 saturated carbocycles. The molecule has 23 heavy (non-hydrogen) atoms. The maximum atomic E-state index is 12.3. The van der Waals surface area contributed by atoms with Crippen LogP contribution >= 0.6 is 0 Å². The highest BCUT2D eigenvalue weighted by Gasteiger charge is 2.22. The van der Waals surface area contributed by atoms with Crippen molar-refractivity contribution in [2.45, 2.75) is 31.2 Å². The van der Waals surface area contributed by atoms with Crippen molar-refractivity contribution in [3.63, 3.8) is 0 Å². The molecule has 0 aliphatic carbocycles. The molecular weight excluding hydrogens is 312 g/mol. The van der Waals surface area contributed by atoms with Crippen molar-refractivity contribution in [2.75, 3.05) is 5.32 Å². The Labute approximate surface area is 136 Å². The quantitative estimate of drug-likeness (QED) is 0.904. The lowest BCUT2D eigenvalue weighted by atomic mass is 10.1. The number of amides is 1. The number of sulfonamides is 1. The van der Waals surface area contributed by atoms with E-state index in [1.54, 1.807) is 45.0 Å². The zero-order valence-corrected chi connectivity index (χ0v) is 14.1. The Hall–Kier alpha value is -2.18. The Morgan fingerprint density at radius 3 is 2.22 bits per heavy atom. The summed E-state index contributed by atoms with van der Waals surface area (Å²) in [4.78, 5) is 12.3. The van der Waals surface area contributed by atoms with E-state index in [1.165, 1.54) is 12.1 Å². The monoisotopic (exact) mass is 332 g/mol. The van der Waals surface area contributed by atoms with Crippen LogP contribution in [0.5, 0.6) is 0 Å². The summed E-state index contributed by atoms with van der Waals surface area (Å²) >= 11 is 0. The number of hydrogen-bond acceptors (Lipinski definition) is 3. The Morgan fingerprint density at radius 2 is 1.61 bits per heavy atom. The number of carbonyl (C=O) groups excluding carboxylic acids is 1. The molecule has 2 rings (SSSR count). The molecule has 0 fully saturated rings. The number of nitrogens with one attached hydrogen (secondary N) is 2. The van der Waals surface area contributed by atoms with Crippen molar-refractivity contribution in [2.24, 2.45) is 0 Å². The van der Waals surface area contributed by atoms with E-state index in [4.69, 9.17) is 0 Å². The van der Waals surface area contributed by atoms with Crippen molar-refractivity contribution >= 4 is 21.6 Å². The first kappa shape index (κ1) is 17.2. The zero-order chi connectivity index (χ0) is 17.1. The molecule has 0 aliphatic rings. The van der Waals surface area contributed by atoms with Crippen LogP contribution in [-0.4, -0.2) is 19.9 Å². The van der Waals surface area contributed by atoms with E-state index in [0.29, 0.717) is 5.69 Å². The Kier molecular flexibility index (Phi) is 4.87. The van der Waals surface area contributed by atoms with Crippen molar-refractivity contribution in [1.29, 1.82) is 0 Å². The summed E-state index contributed by atoms with van der Waals surface area (Å²) in [7, 11) is -3.68. The second-order valence-corrected chi connectivity index (χ2v) is 7.89. The van der Waals surface area contributed by atoms with Gasteiger partial charge >= 0.3 is 0 Å². The summed E-state index contributed by atoms with van der Waals surface area (Å²) in [6.45, 7) is 5.28. The molecule has 0 saturated heterocycles. The number of para-hydroxylation sites is 1. The number of rotatable bonds is 4. The van der Waals surface area contributed by atoms with Crippen molar-refractivity contribution < 1.29 is 13.2 Å². The summed E-state index contributed by atoms with van der Waals surface area (Å²) < 4.78 is 27.2. The molecule has 6 heteroatoms. The van der Waals surface area contributed by atoms with Crippen LogP contribution < -0.4 is 10.0 Å². The third-order valence-electron chi connectivity index (χ3n) is 2.88. The molecule has 0 unspecified atom stereocenters. The van der Waals surface area contributed by atoms with Gasteiger partial charge in [0.05, 0.1) is 4.90 Å². The van der Waals surface area contributed by atoms with E-state index in [0.717, 1.165) is 0 Å². The van der Waals surface area contributed by atoms with Crippen LogP contribution in [0.25, 0.3) is 0 Å². The maximum absolute atomic E-state index is 12.3. The van der Waals surface area contributed by atoms with Crippen molar-refractivity contribution in [3.05, 3.63) is 60.2 Å². The summed E-state index contributed by atoms with van der Waals surface area (Å²) in [6, 6.07) is 15.0. The Balaban J connectivity index is 2.24. The van der Waals surface area contributed by atoms with E-state index in [1.807, 2.05) is 18.2 Å². The van der Waals surface area contributed by atoms with Gasteiger partial charge in [0.25, 0.3) is 5.91 Å². The smallest absolute Gasteiger partial charge is 0.255 e. The van der Waals surface area contributed by atoms with E-state index < -0.39 is 15.6 Å². The first-order valence-electron chi connectivity index (χ1n) is 7.18. The van der Waals surface area contributed by atoms with Gasteiger partial charge in [-0.3, -0.25) is 4.79 Å². The SMILES string of the molecule is CC(C)(C)NS(=O)(=O)c1cccc(C(=O)Nc2ccccc2)c1. The molecule has 2 aromatic rings. The predicted molar refractivity (Wildman–Crippen MR) is 90.9 cm³/mol. The largest absolute Gasteiger partial charge is 0.322 e. The fourth-order valence-corrected chi connectivity index (χ4v) is 3.46. The highest BCUT2D eigenvalue weighted by atomic mass is 32.2. The van der Waals surface area contributed by atoms with Crippen molar-refractivity contribution in [3.8, 4) is 0 Å². The molecule has 0 aromatic heterocycles. The first-order chi connectivity index (χ1) is 10.7. The minimum atomic E-state index is -3.68. The number of anilines is 1. The molecule has 2 N–H and O–H groups in total. The van der Waals surface area contributed by atoms with Gasteiger partial charge in [0.15, 0.2) is 0 Å². The van der Waals surface area contributed by atoms with E-state index in [2.05, 4.69) is 10.0 Å². The average molecular weight is 332 g/mol. The van der Waals surface area contributed by atoms with Crippen LogP contribution in [0, 0.1) is 0 Å². The molecule has 0 radical (unpaired) electrons. The number of hydrogen-bond donors (Lipinski definition) is 2. The third kappa shape index (κ3) is 4.91. The fourth-order valence-electron chi connectivity index (χ4n) is 1.99. The minimum absolute atomic E-state index is 0.0631. The standard InChI is InChI=1S/C17H20N2O3S/c1-17(2,3)19-23(21,22)15-11-7-8-13(12-15)16(20)18-14-9-5-4-6-10-14/h4-12,19H,1-3H3,(H,18,20). The lowest BCUT2D eigenvalue weighted by Crippen LogP contribution is -2.40. The Morgan fingerprint density at radius 1 is 0.957 bits per heavy atom. The summed E-state index contributed by atoms with van der Waals surface area (Å²) in [5.41, 5.74) is 0.338. The molecular formula is C17H20N2O3S. The zero-order valence-electron chi connectivity index (χ0n) is 13.3. The number of benzene rings is 2. The third-order valence-corrected chi connectivity index (χ3v) is 4.63. The van der Waals surface area contributed by atoms with Crippen molar-refractivity contribution in [1.82, 2.24) is 4.72 Å². The summed E-state index contributed by atoms with van der Waals surface area (Å²) in [5.74, 6) is -0.357. The average Bonchev–Trinajstić information content (AvgIpc) is 2.46. The highest BCUT2D eigenvalue weighted by molar-refractivity contribution is 7.89. The fraction of sp³-hybridized carbons (Fsp3) is 0.235. The van der Waals surface area contributed by atoms with Gasteiger partial charge in [-0.15, -0.1) is 0 Å². The predicted octanol–water partition coefficient (Wildman–Crippen LogP) is 3.02. The van der Waals surface area contributed by atoms with Gasteiger partial charge in [-0.05, 0) is 51.1 Å². The van der Waals surface area contributed by atoms with Gasteiger partial charge in [0.1, 0.15) is 0 Å². The molecule has 0 atom stereocenters. The molecule has 1 amide bonds. The highest BCUT2D eigenvalue weighted by Crippen LogP contribution is 2.16. The maximum Gasteiger partial charge on any atom is 0.255 e. The van der Waals surface area contributed by atoms with E-state index in [-0.39, 0.29) is 16.4 Å². The van der Waals surface area contributed by atoms with Crippen LogP contribution in [0.3, 0.4) is 0 Å². The van der Waals surface area contributed by atoms with Crippen LogP contribution in [0.1, 0.15) is 31.1 Å². The molecule has 5 nitrogen and oxygen atoms in total. The first-order valence-corrected chi connectivity index (χ1v) is 8.66. The molecule has 0 heterocycles. The van der Waals surface area contributed by atoms with Crippen LogP contribution in [0.2, 0.25) is 0 Å². The van der Waals surface area contributed by atoms with E-state index >= 15 is 0 Å². The minimum Gasteiger partial charge on any atom is -0.322 e. The van der Waals surface area contributed by atoms with Gasteiger partial charge in [0.2, 0.25) is 10.0 Å².